The second-order valence-corrected chi connectivity index (χ2v) is 5.63. The fourth-order valence-corrected chi connectivity index (χ4v) is 2.87. The molecule has 0 fully saturated rings. The van der Waals surface area contributed by atoms with Gasteiger partial charge in [-0.1, -0.05) is 12.2 Å². The third-order valence-corrected chi connectivity index (χ3v) is 4.09. The number of phenols is 1. The fraction of sp³-hybridized carbons (Fsp3) is 0.200. The molecule has 0 spiro atoms. The first kappa shape index (κ1) is 16.9. The normalized spacial score (nSPS) is 11.4. The molecule has 0 saturated carbocycles. The van der Waals surface area contributed by atoms with E-state index in [0.717, 1.165) is 22.1 Å². The highest BCUT2D eigenvalue weighted by molar-refractivity contribution is 5.94. The summed E-state index contributed by atoms with van der Waals surface area (Å²) >= 11 is 0. The molecule has 3 rings (SSSR count). The largest absolute Gasteiger partial charge is 0.508 e. The Labute approximate surface area is 145 Å². The van der Waals surface area contributed by atoms with Gasteiger partial charge in [-0.2, -0.15) is 0 Å². The van der Waals surface area contributed by atoms with E-state index in [-0.39, 0.29) is 12.4 Å². The average molecular weight is 340 g/mol. The molecular formula is C20H20O5. The minimum absolute atomic E-state index is 0.0271. The molecule has 0 bridgehead atoms. The van der Waals surface area contributed by atoms with Crippen molar-refractivity contribution >= 4 is 17.0 Å². The van der Waals surface area contributed by atoms with E-state index in [1.54, 1.807) is 38.5 Å². The van der Waals surface area contributed by atoms with E-state index in [1.807, 2.05) is 25.1 Å². The van der Waals surface area contributed by atoms with Gasteiger partial charge in [0.1, 0.15) is 17.3 Å². The third kappa shape index (κ3) is 3.06. The van der Waals surface area contributed by atoms with Crippen molar-refractivity contribution in [2.24, 2.45) is 0 Å². The molecule has 3 aromatic rings. The van der Waals surface area contributed by atoms with E-state index in [1.165, 1.54) is 0 Å². The van der Waals surface area contributed by atoms with Crippen LogP contribution in [0.5, 0.6) is 17.2 Å². The third-order valence-electron chi connectivity index (χ3n) is 4.09. The summed E-state index contributed by atoms with van der Waals surface area (Å²) in [5, 5.41) is 19.6. The van der Waals surface area contributed by atoms with Crippen LogP contribution in [-0.2, 0) is 0 Å². The minimum Gasteiger partial charge on any atom is -0.508 e. The summed E-state index contributed by atoms with van der Waals surface area (Å²) in [6.45, 7) is 1.94. The number of furan rings is 1. The molecule has 2 N–H and O–H groups in total. The van der Waals surface area contributed by atoms with Gasteiger partial charge < -0.3 is 24.1 Å². The number of ether oxygens (including phenoxy) is 2. The quantitative estimate of drug-likeness (QED) is 0.730. The van der Waals surface area contributed by atoms with Crippen LogP contribution in [0.15, 0.2) is 40.8 Å². The number of fused-ring (bicyclic) bond motifs is 1. The van der Waals surface area contributed by atoms with Crippen LogP contribution in [-0.4, -0.2) is 31.0 Å². The highest BCUT2D eigenvalue weighted by atomic mass is 16.5. The molecule has 130 valence electrons. The van der Waals surface area contributed by atoms with E-state index in [4.69, 9.17) is 19.0 Å². The number of rotatable bonds is 5. The second-order valence-electron chi connectivity index (χ2n) is 5.63. The van der Waals surface area contributed by atoms with Crippen LogP contribution in [0.4, 0.5) is 0 Å². The Bertz CT molecular complexity index is 937. The van der Waals surface area contributed by atoms with Crippen molar-refractivity contribution in [1.82, 2.24) is 0 Å². The Morgan fingerprint density at radius 1 is 1.08 bits per heavy atom. The molecule has 0 aliphatic rings. The van der Waals surface area contributed by atoms with Crippen LogP contribution in [0.2, 0.25) is 0 Å². The summed E-state index contributed by atoms with van der Waals surface area (Å²) < 4.78 is 16.9. The first-order valence-electron chi connectivity index (χ1n) is 7.85. The monoisotopic (exact) mass is 340 g/mol. The summed E-state index contributed by atoms with van der Waals surface area (Å²) in [5.41, 5.74) is 3.25. The van der Waals surface area contributed by atoms with Crippen molar-refractivity contribution in [3.63, 3.8) is 0 Å². The highest BCUT2D eigenvalue weighted by Gasteiger charge is 2.19. The van der Waals surface area contributed by atoms with Gasteiger partial charge in [0.2, 0.25) is 0 Å². The van der Waals surface area contributed by atoms with Crippen LogP contribution in [0.1, 0.15) is 11.1 Å². The molecule has 0 atom stereocenters. The van der Waals surface area contributed by atoms with Crippen molar-refractivity contribution in [3.05, 3.63) is 47.5 Å². The molecule has 1 heterocycles. The molecule has 0 unspecified atom stereocenters. The molecule has 5 heteroatoms. The lowest BCUT2D eigenvalue weighted by molar-refractivity contribution is 0.343. The van der Waals surface area contributed by atoms with Crippen LogP contribution in [0.3, 0.4) is 0 Å². The number of hydrogen-bond acceptors (Lipinski definition) is 5. The fourth-order valence-electron chi connectivity index (χ4n) is 2.87. The van der Waals surface area contributed by atoms with Gasteiger partial charge in [0.05, 0.1) is 26.4 Å². The van der Waals surface area contributed by atoms with Gasteiger partial charge in [-0.05, 0) is 36.8 Å². The van der Waals surface area contributed by atoms with Gasteiger partial charge in [-0.25, -0.2) is 0 Å². The number of aryl methyl sites for hydroxylation is 1. The highest BCUT2D eigenvalue weighted by Crippen LogP contribution is 2.42. The lowest BCUT2D eigenvalue weighted by atomic mass is 10.0. The molecular weight excluding hydrogens is 320 g/mol. The van der Waals surface area contributed by atoms with Gasteiger partial charge in [0.25, 0.3) is 0 Å². The standard InChI is InChI=1S/C20H20O5/c1-12-16-9-13(5-4-8-21)10-18(24-3)20(16)25-19(12)15-7-6-14(22)11-17(15)23-2/h4-7,9-11,21-22H,8H2,1-3H3. The molecule has 5 nitrogen and oxygen atoms in total. The summed E-state index contributed by atoms with van der Waals surface area (Å²) in [7, 11) is 3.14. The van der Waals surface area contributed by atoms with Crippen LogP contribution >= 0.6 is 0 Å². The van der Waals surface area contributed by atoms with Crippen molar-refractivity contribution in [2.75, 3.05) is 20.8 Å². The number of hydrogen-bond donors (Lipinski definition) is 2. The maximum atomic E-state index is 9.67. The Morgan fingerprint density at radius 2 is 1.84 bits per heavy atom. The predicted octanol–water partition coefficient (Wildman–Crippen LogP) is 4.14. The Balaban J connectivity index is 2.25. The zero-order chi connectivity index (χ0) is 18.0. The van der Waals surface area contributed by atoms with E-state index >= 15 is 0 Å². The smallest absolute Gasteiger partial charge is 0.176 e. The maximum Gasteiger partial charge on any atom is 0.176 e. The summed E-state index contributed by atoms with van der Waals surface area (Å²) in [4.78, 5) is 0. The number of benzene rings is 2. The SMILES string of the molecule is COc1cc(O)ccc1-c1oc2c(OC)cc(C=CCO)cc2c1C. The van der Waals surface area contributed by atoms with Gasteiger partial charge in [0.15, 0.2) is 11.3 Å². The summed E-state index contributed by atoms with van der Waals surface area (Å²) in [6.07, 6.45) is 3.50. The minimum atomic E-state index is -0.0271. The molecule has 2 aromatic carbocycles. The maximum absolute atomic E-state index is 9.67. The van der Waals surface area contributed by atoms with E-state index < -0.39 is 0 Å². The van der Waals surface area contributed by atoms with Gasteiger partial charge in [-0.15, -0.1) is 0 Å². The average Bonchev–Trinajstić information content (AvgIpc) is 2.96. The zero-order valence-corrected chi connectivity index (χ0v) is 14.4. The molecule has 0 amide bonds. The van der Waals surface area contributed by atoms with Gasteiger partial charge >= 0.3 is 0 Å². The molecule has 1 aromatic heterocycles. The summed E-state index contributed by atoms with van der Waals surface area (Å²) in [5.74, 6) is 1.93. The van der Waals surface area contributed by atoms with E-state index in [2.05, 4.69) is 0 Å². The number of methoxy groups -OCH3 is 2. The second kappa shape index (κ2) is 6.91. The van der Waals surface area contributed by atoms with Gasteiger partial charge in [-0.3, -0.25) is 0 Å². The van der Waals surface area contributed by atoms with Crippen molar-refractivity contribution in [3.8, 4) is 28.6 Å². The molecule has 0 saturated heterocycles. The zero-order valence-electron chi connectivity index (χ0n) is 14.4. The lowest BCUT2D eigenvalue weighted by Gasteiger charge is -2.07. The van der Waals surface area contributed by atoms with Gasteiger partial charge in [0, 0.05) is 17.0 Å². The van der Waals surface area contributed by atoms with E-state index in [0.29, 0.717) is 22.8 Å². The number of aliphatic hydroxyl groups excluding tert-OH is 1. The first-order valence-corrected chi connectivity index (χ1v) is 7.85. The Hall–Kier alpha value is -2.92. The first-order chi connectivity index (χ1) is 12.1. The molecule has 0 aliphatic carbocycles. The molecule has 25 heavy (non-hydrogen) atoms. The Kier molecular flexibility index (Phi) is 4.67. The Morgan fingerprint density at radius 3 is 2.52 bits per heavy atom. The van der Waals surface area contributed by atoms with Crippen molar-refractivity contribution < 1.29 is 24.1 Å². The number of aromatic hydroxyl groups is 1. The van der Waals surface area contributed by atoms with Crippen LogP contribution in [0.25, 0.3) is 28.4 Å². The molecule has 0 radical (unpaired) electrons. The van der Waals surface area contributed by atoms with Crippen molar-refractivity contribution in [2.45, 2.75) is 6.92 Å². The topological polar surface area (TPSA) is 72.1 Å². The van der Waals surface area contributed by atoms with Crippen LogP contribution < -0.4 is 9.47 Å². The predicted molar refractivity (Wildman–Crippen MR) is 97.3 cm³/mol. The van der Waals surface area contributed by atoms with E-state index in [9.17, 15) is 5.11 Å². The van der Waals surface area contributed by atoms with Crippen molar-refractivity contribution in [1.29, 1.82) is 0 Å². The van der Waals surface area contributed by atoms with Crippen LogP contribution in [0, 0.1) is 6.92 Å². The number of aliphatic hydroxyl groups is 1. The lowest BCUT2D eigenvalue weighted by Crippen LogP contribution is -1.87. The summed E-state index contributed by atoms with van der Waals surface area (Å²) in [6, 6.07) is 8.75. The number of phenolic OH excluding ortho intramolecular Hbond substituents is 1. The molecule has 0 aliphatic heterocycles.